The van der Waals surface area contributed by atoms with Gasteiger partial charge in [0.15, 0.2) is 5.82 Å². The molecule has 4 rings (SSSR count). The van der Waals surface area contributed by atoms with Crippen LogP contribution in [-0.4, -0.2) is 30.9 Å². The van der Waals surface area contributed by atoms with E-state index in [1.165, 1.54) is 0 Å². The van der Waals surface area contributed by atoms with Crippen molar-refractivity contribution in [1.82, 2.24) is 24.7 Å². The minimum Gasteiger partial charge on any atom is -0.250 e. The van der Waals surface area contributed by atoms with Crippen molar-refractivity contribution in [3.63, 3.8) is 0 Å². The fourth-order valence-electron chi connectivity index (χ4n) is 2.80. The van der Waals surface area contributed by atoms with Crippen LogP contribution in [0.3, 0.4) is 0 Å². The van der Waals surface area contributed by atoms with Crippen molar-refractivity contribution < 1.29 is 0 Å². The van der Waals surface area contributed by atoms with E-state index in [2.05, 4.69) is 20.4 Å². The topological polar surface area (TPSA) is 63.8 Å². The number of hydrogen-bond donors (Lipinski definition) is 1. The molecule has 2 heterocycles. The number of para-hydroxylation sites is 1. The Morgan fingerprint density at radius 2 is 2.00 bits per heavy atom. The number of aromatic nitrogens is 5. The molecule has 1 aliphatic carbocycles. The SMILES string of the molecule is Cc1nn(-c2ccccc2)c(C)c1/C=N\n1c(C2CC2)n[nH]c1=S. The molecule has 1 aliphatic rings. The zero-order chi connectivity index (χ0) is 16.7. The first-order valence-corrected chi connectivity index (χ1v) is 8.39. The third-order valence-corrected chi connectivity index (χ3v) is 4.53. The minimum absolute atomic E-state index is 0.476. The lowest BCUT2D eigenvalue weighted by molar-refractivity contribution is 0.772. The second-order valence-electron chi connectivity index (χ2n) is 6.05. The summed E-state index contributed by atoms with van der Waals surface area (Å²) in [6.07, 6.45) is 4.13. The smallest absolute Gasteiger partial charge is 0.216 e. The van der Waals surface area contributed by atoms with E-state index in [0.29, 0.717) is 10.7 Å². The number of aryl methyl sites for hydroxylation is 1. The van der Waals surface area contributed by atoms with Gasteiger partial charge < -0.3 is 0 Å². The first-order chi connectivity index (χ1) is 11.6. The second-order valence-corrected chi connectivity index (χ2v) is 6.44. The zero-order valence-corrected chi connectivity index (χ0v) is 14.4. The van der Waals surface area contributed by atoms with Gasteiger partial charge in [0.1, 0.15) is 0 Å². The number of rotatable bonds is 4. The van der Waals surface area contributed by atoms with E-state index in [9.17, 15) is 0 Å². The van der Waals surface area contributed by atoms with Gasteiger partial charge in [0.05, 0.1) is 23.3 Å². The standard InChI is InChI=1S/C17H18N6S/c1-11-15(12(2)22(21-11)14-6-4-3-5-7-14)10-18-23-16(13-8-9-13)19-20-17(23)24/h3-7,10,13H,8-9H2,1-2H3,(H,20,24)/b18-10-. The van der Waals surface area contributed by atoms with Crippen molar-refractivity contribution in [1.29, 1.82) is 0 Å². The lowest BCUT2D eigenvalue weighted by Crippen LogP contribution is -2.00. The molecule has 0 bridgehead atoms. The Balaban J connectivity index is 1.72. The molecule has 1 aromatic carbocycles. The van der Waals surface area contributed by atoms with Gasteiger partial charge >= 0.3 is 0 Å². The van der Waals surface area contributed by atoms with Crippen LogP contribution < -0.4 is 0 Å². The lowest BCUT2D eigenvalue weighted by Gasteiger charge is -2.03. The first-order valence-electron chi connectivity index (χ1n) is 7.98. The molecule has 0 atom stereocenters. The number of nitrogens with one attached hydrogen (secondary N) is 1. The van der Waals surface area contributed by atoms with Crippen LogP contribution in [0.2, 0.25) is 0 Å². The van der Waals surface area contributed by atoms with Gasteiger partial charge in [0.25, 0.3) is 0 Å². The molecular weight excluding hydrogens is 320 g/mol. The van der Waals surface area contributed by atoms with Gasteiger partial charge in [-0.2, -0.15) is 20.0 Å². The number of H-pyrrole nitrogens is 1. The van der Waals surface area contributed by atoms with Crippen LogP contribution >= 0.6 is 12.2 Å². The van der Waals surface area contributed by atoms with Crippen LogP contribution in [-0.2, 0) is 0 Å². The van der Waals surface area contributed by atoms with Crippen molar-refractivity contribution >= 4 is 18.4 Å². The van der Waals surface area contributed by atoms with E-state index in [4.69, 9.17) is 12.2 Å². The second kappa shape index (κ2) is 5.83. The van der Waals surface area contributed by atoms with Crippen LogP contribution in [0, 0.1) is 18.6 Å². The van der Waals surface area contributed by atoms with E-state index in [1.807, 2.05) is 55.1 Å². The number of hydrogen-bond acceptors (Lipinski definition) is 4. The highest BCUT2D eigenvalue weighted by molar-refractivity contribution is 7.71. The Labute approximate surface area is 144 Å². The van der Waals surface area contributed by atoms with Crippen molar-refractivity contribution in [2.75, 3.05) is 0 Å². The summed E-state index contributed by atoms with van der Waals surface area (Å²) >= 11 is 5.29. The van der Waals surface area contributed by atoms with Crippen LogP contribution in [0.15, 0.2) is 35.4 Å². The van der Waals surface area contributed by atoms with Gasteiger partial charge in [-0.05, 0) is 51.0 Å². The van der Waals surface area contributed by atoms with Gasteiger partial charge in [0, 0.05) is 11.5 Å². The highest BCUT2D eigenvalue weighted by atomic mass is 32.1. The van der Waals surface area contributed by atoms with E-state index in [0.717, 1.165) is 41.3 Å². The average Bonchev–Trinajstić information content (AvgIpc) is 3.31. The molecule has 7 heteroatoms. The van der Waals surface area contributed by atoms with E-state index in [-0.39, 0.29) is 0 Å². The molecule has 3 aromatic rings. The molecule has 1 N–H and O–H groups in total. The molecule has 0 radical (unpaired) electrons. The van der Waals surface area contributed by atoms with Crippen LogP contribution in [0.25, 0.3) is 5.69 Å². The summed E-state index contributed by atoms with van der Waals surface area (Å²) in [6, 6.07) is 10.1. The highest BCUT2D eigenvalue weighted by Gasteiger charge is 2.29. The molecular formula is C17H18N6S. The molecule has 1 saturated carbocycles. The average molecular weight is 338 g/mol. The van der Waals surface area contributed by atoms with Crippen molar-refractivity contribution in [2.24, 2.45) is 5.10 Å². The number of nitrogens with zero attached hydrogens (tertiary/aromatic N) is 5. The maximum Gasteiger partial charge on any atom is 0.216 e. The predicted molar refractivity (Wildman–Crippen MR) is 95.4 cm³/mol. The minimum atomic E-state index is 0.476. The molecule has 24 heavy (non-hydrogen) atoms. The third-order valence-electron chi connectivity index (χ3n) is 4.27. The van der Waals surface area contributed by atoms with Gasteiger partial charge in [0.2, 0.25) is 4.77 Å². The van der Waals surface area contributed by atoms with Gasteiger partial charge in [-0.15, -0.1) is 0 Å². The van der Waals surface area contributed by atoms with Gasteiger partial charge in [-0.1, -0.05) is 18.2 Å². The monoisotopic (exact) mass is 338 g/mol. The molecule has 1 fully saturated rings. The molecule has 0 aliphatic heterocycles. The lowest BCUT2D eigenvalue weighted by atomic mass is 10.2. The van der Waals surface area contributed by atoms with Crippen LogP contribution in [0.5, 0.6) is 0 Å². The molecule has 0 unspecified atom stereocenters. The van der Waals surface area contributed by atoms with E-state index >= 15 is 0 Å². The molecule has 0 saturated heterocycles. The molecule has 2 aromatic heterocycles. The maximum atomic E-state index is 5.29. The van der Waals surface area contributed by atoms with Crippen molar-refractivity contribution in [3.05, 3.63) is 57.9 Å². The fourth-order valence-corrected chi connectivity index (χ4v) is 2.99. The van der Waals surface area contributed by atoms with Crippen molar-refractivity contribution in [2.45, 2.75) is 32.6 Å². The summed E-state index contributed by atoms with van der Waals surface area (Å²) in [5.74, 6) is 1.39. The quantitative estimate of drug-likeness (QED) is 0.585. The molecule has 122 valence electrons. The summed E-state index contributed by atoms with van der Waals surface area (Å²) in [4.78, 5) is 0. The first kappa shape index (κ1) is 15.0. The Morgan fingerprint density at radius 1 is 1.25 bits per heavy atom. The van der Waals surface area contributed by atoms with E-state index < -0.39 is 0 Å². The van der Waals surface area contributed by atoms with Gasteiger partial charge in [-0.25, -0.2) is 4.68 Å². The maximum absolute atomic E-state index is 5.29. The fraction of sp³-hybridized carbons (Fsp3) is 0.294. The van der Waals surface area contributed by atoms with Crippen LogP contribution in [0.1, 0.15) is 41.5 Å². The summed E-state index contributed by atoms with van der Waals surface area (Å²) < 4.78 is 4.19. The summed E-state index contributed by atoms with van der Waals surface area (Å²) in [5, 5.41) is 16.3. The Kier molecular flexibility index (Phi) is 3.65. The van der Waals surface area contributed by atoms with Crippen molar-refractivity contribution in [3.8, 4) is 5.69 Å². The van der Waals surface area contributed by atoms with Crippen LogP contribution in [0.4, 0.5) is 0 Å². The summed E-state index contributed by atoms with van der Waals surface area (Å²) in [7, 11) is 0. The number of benzene rings is 1. The normalized spacial score (nSPS) is 14.6. The summed E-state index contributed by atoms with van der Waals surface area (Å²) in [6.45, 7) is 4.04. The van der Waals surface area contributed by atoms with Gasteiger partial charge in [-0.3, -0.25) is 5.10 Å². The molecule has 0 amide bonds. The highest BCUT2D eigenvalue weighted by Crippen LogP contribution is 2.38. The molecule has 0 spiro atoms. The largest absolute Gasteiger partial charge is 0.250 e. The van der Waals surface area contributed by atoms with E-state index in [1.54, 1.807) is 4.68 Å². The number of aromatic amines is 1. The zero-order valence-electron chi connectivity index (χ0n) is 13.6. The Bertz CT molecular complexity index is 959. The predicted octanol–water partition coefficient (Wildman–Crippen LogP) is 3.50. The molecule has 6 nitrogen and oxygen atoms in total. The summed E-state index contributed by atoms with van der Waals surface area (Å²) in [5.41, 5.74) is 4.02. The third kappa shape index (κ3) is 2.60. The Hall–Kier alpha value is -2.54. The Morgan fingerprint density at radius 3 is 2.71 bits per heavy atom.